The van der Waals surface area contributed by atoms with Crippen LogP contribution in [0.3, 0.4) is 0 Å². The molecule has 1 amide bonds. The molecule has 0 saturated carbocycles. The molecule has 2 aromatic rings. The maximum atomic E-state index is 12.6. The van der Waals surface area contributed by atoms with E-state index in [1.165, 1.54) is 11.1 Å². The molecule has 0 aromatic heterocycles. The van der Waals surface area contributed by atoms with Crippen LogP contribution in [-0.4, -0.2) is 23.6 Å². The number of amides is 1. The van der Waals surface area contributed by atoms with E-state index in [4.69, 9.17) is 9.84 Å². The van der Waals surface area contributed by atoms with Crippen LogP contribution in [-0.2, 0) is 22.4 Å². The van der Waals surface area contributed by atoms with Crippen LogP contribution in [0.2, 0.25) is 0 Å². The number of hydrogen-bond donors (Lipinski definition) is 2. The van der Waals surface area contributed by atoms with Crippen LogP contribution < -0.4 is 10.1 Å². The smallest absolute Gasteiger partial charge is 0.341 e. The van der Waals surface area contributed by atoms with E-state index in [9.17, 15) is 9.59 Å². The Morgan fingerprint density at radius 3 is 2.68 bits per heavy atom. The highest BCUT2D eigenvalue weighted by Gasteiger charge is 2.24. The molecule has 1 atom stereocenters. The lowest BCUT2D eigenvalue weighted by atomic mass is 9.83. The number of nitrogens with one attached hydrogen (secondary N) is 1. The molecule has 3 rings (SSSR count). The van der Waals surface area contributed by atoms with Gasteiger partial charge in [-0.15, -0.1) is 0 Å². The van der Waals surface area contributed by atoms with Gasteiger partial charge in [-0.1, -0.05) is 24.3 Å². The molecule has 0 aliphatic heterocycles. The third-order valence-electron chi connectivity index (χ3n) is 4.54. The van der Waals surface area contributed by atoms with Gasteiger partial charge in [-0.05, 0) is 61.1 Å². The molecule has 0 bridgehead atoms. The van der Waals surface area contributed by atoms with Gasteiger partial charge in [0.25, 0.3) is 0 Å². The van der Waals surface area contributed by atoms with E-state index in [0.29, 0.717) is 5.75 Å². The number of carboxylic acids is 1. The highest BCUT2D eigenvalue weighted by Crippen LogP contribution is 2.27. The molecule has 0 saturated heterocycles. The van der Waals surface area contributed by atoms with Crippen LogP contribution in [0.5, 0.6) is 5.75 Å². The van der Waals surface area contributed by atoms with E-state index in [2.05, 4.69) is 17.4 Å². The quantitative estimate of drug-likeness (QED) is 0.877. The van der Waals surface area contributed by atoms with Crippen molar-refractivity contribution in [1.29, 1.82) is 0 Å². The van der Waals surface area contributed by atoms with Crippen LogP contribution in [0.4, 0.5) is 5.69 Å². The van der Waals surface area contributed by atoms with Gasteiger partial charge < -0.3 is 15.2 Å². The standard InChI is InChI=1S/C20H21NO4/c1-13-10-17(25-12-19(22)23)8-9-18(13)21-20(24)16-7-6-14-4-2-3-5-15(14)11-16/h2-5,8-10,16H,6-7,11-12H2,1H3,(H,21,24)(H,22,23). The van der Waals surface area contributed by atoms with Gasteiger partial charge >= 0.3 is 5.97 Å². The fourth-order valence-electron chi connectivity index (χ4n) is 3.17. The molecule has 25 heavy (non-hydrogen) atoms. The molecule has 130 valence electrons. The minimum Gasteiger partial charge on any atom is -0.482 e. The predicted molar refractivity (Wildman–Crippen MR) is 94.9 cm³/mol. The van der Waals surface area contributed by atoms with Gasteiger partial charge in [-0.2, -0.15) is 0 Å². The van der Waals surface area contributed by atoms with Crippen molar-refractivity contribution in [2.45, 2.75) is 26.2 Å². The minimum atomic E-state index is -1.02. The third-order valence-corrected chi connectivity index (χ3v) is 4.54. The lowest BCUT2D eigenvalue weighted by molar-refractivity contribution is -0.139. The number of rotatable bonds is 5. The summed E-state index contributed by atoms with van der Waals surface area (Å²) in [5, 5.41) is 11.6. The first-order valence-corrected chi connectivity index (χ1v) is 8.36. The van der Waals surface area contributed by atoms with E-state index in [0.717, 1.165) is 30.5 Å². The van der Waals surface area contributed by atoms with Crippen molar-refractivity contribution in [1.82, 2.24) is 0 Å². The normalized spacial score (nSPS) is 16.0. The summed E-state index contributed by atoms with van der Waals surface area (Å²) in [5.74, 6) is -0.550. The summed E-state index contributed by atoms with van der Waals surface area (Å²) in [6.07, 6.45) is 2.54. The maximum absolute atomic E-state index is 12.6. The third kappa shape index (κ3) is 4.18. The lowest BCUT2D eigenvalue weighted by Gasteiger charge is -2.24. The fourth-order valence-corrected chi connectivity index (χ4v) is 3.17. The Kier molecular flexibility index (Phi) is 5.03. The van der Waals surface area contributed by atoms with E-state index >= 15 is 0 Å². The van der Waals surface area contributed by atoms with Crippen molar-refractivity contribution in [3.05, 3.63) is 59.2 Å². The second kappa shape index (κ2) is 7.38. The summed E-state index contributed by atoms with van der Waals surface area (Å²) < 4.78 is 5.15. The number of hydrogen-bond acceptors (Lipinski definition) is 3. The first-order chi connectivity index (χ1) is 12.0. The van der Waals surface area contributed by atoms with Crippen molar-refractivity contribution in [2.75, 3.05) is 11.9 Å². The predicted octanol–water partition coefficient (Wildman–Crippen LogP) is 3.20. The molecule has 0 heterocycles. The number of fused-ring (bicyclic) bond motifs is 1. The Morgan fingerprint density at radius 1 is 1.20 bits per heavy atom. The minimum absolute atomic E-state index is 0.0248. The SMILES string of the molecule is Cc1cc(OCC(=O)O)ccc1NC(=O)C1CCc2ccccc2C1. The topological polar surface area (TPSA) is 75.6 Å². The molecule has 0 spiro atoms. The van der Waals surface area contributed by atoms with Gasteiger partial charge in [0, 0.05) is 11.6 Å². The van der Waals surface area contributed by atoms with E-state index in [1.807, 2.05) is 19.1 Å². The Morgan fingerprint density at radius 2 is 1.96 bits per heavy atom. The molecule has 2 aromatic carbocycles. The number of carbonyl (C=O) groups excluding carboxylic acids is 1. The Balaban J connectivity index is 1.64. The Hall–Kier alpha value is -2.82. The molecule has 1 unspecified atom stereocenters. The van der Waals surface area contributed by atoms with Crippen LogP contribution in [0.25, 0.3) is 0 Å². The van der Waals surface area contributed by atoms with Crippen molar-refractivity contribution in [3.8, 4) is 5.75 Å². The van der Waals surface area contributed by atoms with Gasteiger partial charge in [0.1, 0.15) is 5.75 Å². The molecule has 1 aliphatic carbocycles. The van der Waals surface area contributed by atoms with E-state index < -0.39 is 5.97 Å². The number of ether oxygens (including phenoxy) is 1. The summed E-state index contributed by atoms with van der Waals surface area (Å²) in [4.78, 5) is 23.2. The first kappa shape index (κ1) is 17.0. The number of aryl methyl sites for hydroxylation is 2. The molecule has 2 N–H and O–H groups in total. The molecule has 5 heteroatoms. The zero-order valence-electron chi connectivity index (χ0n) is 14.1. The lowest BCUT2D eigenvalue weighted by Crippen LogP contribution is -2.28. The van der Waals surface area contributed by atoms with Gasteiger partial charge in [-0.3, -0.25) is 4.79 Å². The van der Waals surface area contributed by atoms with Crippen molar-refractivity contribution in [3.63, 3.8) is 0 Å². The maximum Gasteiger partial charge on any atom is 0.341 e. The monoisotopic (exact) mass is 339 g/mol. The second-order valence-corrected chi connectivity index (χ2v) is 6.36. The second-order valence-electron chi connectivity index (χ2n) is 6.36. The van der Waals surface area contributed by atoms with Gasteiger partial charge in [0.05, 0.1) is 0 Å². The molecule has 0 radical (unpaired) electrons. The zero-order chi connectivity index (χ0) is 17.8. The summed E-state index contributed by atoms with van der Waals surface area (Å²) in [6.45, 7) is 1.48. The fraction of sp³-hybridized carbons (Fsp3) is 0.300. The average Bonchev–Trinajstić information content (AvgIpc) is 2.61. The molecule has 1 aliphatic rings. The number of aliphatic carboxylic acids is 1. The molecular weight excluding hydrogens is 318 g/mol. The largest absolute Gasteiger partial charge is 0.482 e. The van der Waals surface area contributed by atoms with Crippen LogP contribution in [0.1, 0.15) is 23.1 Å². The van der Waals surface area contributed by atoms with Crippen molar-refractivity contribution >= 4 is 17.6 Å². The van der Waals surface area contributed by atoms with Crippen LogP contribution in [0, 0.1) is 12.8 Å². The summed E-state index contributed by atoms with van der Waals surface area (Å²) in [7, 11) is 0. The number of anilines is 1. The zero-order valence-corrected chi connectivity index (χ0v) is 14.1. The van der Waals surface area contributed by atoms with E-state index in [1.54, 1.807) is 18.2 Å². The molecule has 5 nitrogen and oxygen atoms in total. The van der Waals surface area contributed by atoms with Crippen molar-refractivity contribution < 1.29 is 19.4 Å². The average molecular weight is 339 g/mol. The highest BCUT2D eigenvalue weighted by atomic mass is 16.5. The van der Waals surface area contributed by atoms with Gasteiger partial charge in [-0.25, -0.2) is 4.79 Å². The van der Waals surface area contributed by atoms with Gasteiger partial charge in [0.2, 0.25) is 5.91 Å². The number of benzene rings is 2. The first-order valence-electron chi connectivity index (χ1n) is 8.36. The Labute approximate surface area is 146 Å². The summed E-state index contributed by atoms with van der Waals surface area (Å²) in [5.41, 5.74) is 4.16. The summed E-state index contributed by atoms with van der Waals surface area (Å²) >= 11 is 0. The van der Waals surface area contributed by atoms with Crippen molar-refractivity contribution in [2.24, 2.45) is 5.92 Å². The molecule has 0 fully saturated rings. The Bertz CT molecular complexity index is 800. The molecular formula is C20H21NO4. The van der Waals surface area contributed by atoms with Gasteiger partial charge in [0.15, 0.2) is 6.61 Å². The van der Waals surface area contributed by atoms with Crippen LogP contribution >= 0.6 is 0 Å². The summed E-state index contributed by atoms with van der Waals surface area (Å²) in [6, 6.07) is 13.4. The highest BCUT2D eigenvalue weighted by molar-refractivity contribution is 5.93. The van der Waals surface area contributed by atoms with Crippen LogP contribution in [0.15, 0.2) is 42.5 Å². The van der Waals surface area contributed by atoms with E-state index in [-0.39, 0.29) is 18.4 Å². The number of carbonyl (C=O) groups is 2. The number of carboxylic acid groups (broad SMARTS) is 1.